The van der Waals surface area contributed by atoms with Crippen molar-refractivity contribution >= 4 is 29.3 Å². The first-order valence-electron chi connectivity index (χ1n) is 5.59. The van der Waals surface area contributed by atoms with Gasteiger partial charge < -0.3 is 4.74 Å². The molecule has 98 valence electrons. The third-order valence-corrected chi connectivity index (χ3v) is 4.26. The molecular weight excluding hydrogens is 282 g/mol. The summed E-state index contributed by atoms with van der Waals surface area (Å²) in [5.41, 5.74) is 1.54. The highest BCUT2D eigenvalue weighted by Gasteiger charge is 2.14. The van der Waals surface area contributed by atoms with Gasteiger partial charge in [0.05, 0.1) is 17.6 Å². The van der Waals surface area contributed by atoms with Crippen molar-refractivity contribution in [3.05, 3.63) is 52.8 Å². The molecule has 0 saturated carbocycles. The van der Waals surface area contributed by atoms with Crippen molar-refractivity contribution in [3.8, 4) is 0 Å². The van der Waals surface area contributed by atoms with Crippen LogP contribution in [0.4, 0.5) is 0 Å². The summed E-state index contributed by atoms with van der Waals surface area (Å²) in [5.74, 6) is -0.360. The van der Waals surface area contributed by atoms with E-state index in [0.717, 1.165) is 15.4 Å². The summed E-state index contributed by atoms with van der Waals surface area (Å²) >= 11 is 7.51. The first kappa shape index (κ1) is 13.9. The van der Waals surface area contributed by atoms with Crippen molar-refractivity contribution in [3.63, 3.8) is 0 Å². The Morgan fingerprint density at radius 3 is 2.74 bits per heavy atom. The average Bonchev–Trinajstić information content (AvgIpc) is 2.42. The van der Waals surface area contributed by atoms with Crippen molar-refractivity contribution in [2.75, 3.05) is 7.11 Å². The number of methoxy groups -OCH3 is 1. The van der Waals surface area contributed by atoms with E-state index < -0.39 is 0 Å². The van der Waals surface area contributed by atoms with Crippen LogP contribution in [0.2, 0.25) is 5.15 Å². The molecule has 0 fully saturated rings. The molecule has 0 radical (unpaired) electrons. The van der Waals surface area contributed by atoms with Gasteiger partial charge in [-0.15, -0.1) is 0 Å². The number of aryl methyl sites for hydroxylation is 1. The van der Waals surface area contributed by atoms with Crippen LogP contribution in [-0.2, 0) is 4.74 Å². The van der Waals surface area contributed by atoms with Crippen LogP contribution in [0.3, 0.4) is 0 Å². The van der Waals surface area contributed by atoms with Gasteiger partial charge in [0.25, 0.3) is 0 Å². The molecule has 1 heterocycles. The Balaban J connectivity index is 2.42. The van der Waals surface area contributed by atoms with E-state index in [4.69, 9.17) is 16.3 Å². The molecule has 0 aliphatic carbocycles. The predicted molar refractivity (Wildman–Crippen MR) is 75.9 cm³/mol. The fourth-order valence-electron chi connectivity index (χ4n) is 1.58. The minimum absolute atomic E-state index is 0.360. The van der Waals surface area contributed by atoms with E-state index in [0.29, 0.717) is 10.7 Å². The predicted octanol–water partition coefficient (Wildman–Crippen LogP) is 3.98. The van der Waals surface area contributed by atoms with Crippen LogP contribution in [-0.4, -0.2) is 18.1 Å². The van der Waals surface area contributed by atoms with Gasteiger partial charge in [0, 0.05) is 11.1 Å². The minimum atomic E-state index is -0.360. The van der Waals surface area contributed by atoms with Gasteiger partial charge in [-0.05, 0) is 30.7 Å². The molecule has 5 heteroatoms. The second-order valence-electron chi connectivity index (χ2n) is 3.84. The van der Waals surface area contributed by atoms with Gasteiger partial charge in [-0.1, -0.05) is 35.5 Å². The van der Waals surface area contributed by atoms with E-state index in [-0.39, 0.29) is 5.97 Å². The van der Waals surface area contributed by atoms with Crippen LogP contribution in [0.15, 0.2) is 46.3 Å². The Morgan fingerprint density at radius 1 is 1.32 bits per heavy atom. The molecule has 2 rings (SSSR count). The van der Waals surface area contributed by atoms with E-state index >= 15 is 0 Å². The fourth-order valence-corrected chi connectivity index (χ4v) is 2.89. The molecule has 3 nitrogen and oxygen atoms in total. The lowest BCUT2D eigenvalue weighted by Crippen LogP contribution is -2.02. The number of rotatable bonds is 3. The number of aromatic nitrogens is 1. The zero-order valence-electron chi connectivity index (χ0n) is 10.5. The highest BCUT2D eigenvalue weighted by Crippen LogP contribution is 2.36. The van der Waals surface area contributed by atoms with Crippen LogP contribution >= 0.6 is 23.4 Å². The Bertz CT molecular complexity index is 596. The number of pyridine rings is 1. The van der Waals surface area contributed by atoms with Gasteiger partial charge in [-0.2, -0.15) is 0 Å². The molecule has 2 aromatic rings. The maximum absolute atomic E-state index is 11.7. The molecule has 0 N–H and O–H groups in total. The molecule has 0 atom stereocenters. The molecule has 1 aromatic heterocycles. The molecule has 0 amide bonds. The van der Waals surface area contributed by atoms with Gasteiger partial charge in [-0.25, -0.2) is 9.78 Å². The van der Waals surface area contributed by atoms with E-state index in [1.165, 1.54) is 18.9 Å². The highest BCUT2D eigenvalue weighted by atomic mass is 35.5. The minimum Gasteiger partial charge on any atom is -0.465 e. The lowest BCUT2D eigenvalue weighted by molar-refractivity contribution is 0.0597. The molecule has 0 bridgehead atoms. The van der Waals surface area contributed by atoms with Crippen molar-refractivity contribution in [1.82, 2.24) is 4.98 Å². The Hall–Kier alpha value is -1.52. The molecule has 0 spiro atoms. The SMILES string of the molecule is COC(=O)c1ccccc1Sc1c(C)ccnc1Cl. The number of carbonyl (C=O) groups is 1. The zero-order chi connectivity index (χ0) is 13.8. The topological polar surface area (TPSA) is 39.2 Å². The van der Waals surface area contributed by atoms with Gasteiger partial charge >= 0.3 is 5.97 Å². The number of carbonyl (C=O) groups excluding carboxylic acids is 1. The fraction of sp³-hybridized carbons (Fsp3) is 0.143. The molecule has 0 aliphatic heterocycles. The lowest BCUT2D eigenvalue weighted by Gasteiger charge is -2.10. The zero-order valence-corrected chi connectivity index (χ0v) is 12.1. The van der Waals surface area contributed by atoms with Crippen molar-refractivity contribution < 1.29 is 9.53 Å². The maximum atomic E-state index is 11.7. The second-order valence-corrected chi connectivity index (χ2v) is 5.25. The van der Waals surface area contributed by atoms with Gasteiger partial charge in [-0.3, -0.25) is 0 Å². The van der Waals surface area contributed by atoms with E-state index in [1.807, 2.05) is 25.1 Å². The number of hydrogen-bond donors (Lipinski definition) is 0. The van der Waals surface area contributed by atoms with Gasteiger partial charge in [0.15, 0.2) is 0 Å². The number of esters is 1. The summed E-state index contributed by atoms with van der Waals surface area (Å²) in [5, 5.41) is 0.435. The van der Waals surface area contributed by atoms with Crippen molar-refractivity contribution in [1.29, 1.82) is 0 Å². The van der Waals surface area contributed by atoms with Crippen LogP contribution in [0.5, 0.6) is 0 Å². The Labute approximate surface area is 121 Å². The quantitative estimate of drug-likeness (QED) is 0.634. The lowest BCUT2D eigenvalue weighted by atomic mass is 10.2. The van der Waals surface area contributed by atoms with Gasteiger partial charge in [0.2, 0.25) is 0 Å². The summed E-state index contributed by atoms with van der Waals surface area (Å²) in [6, 6.07) is 9.14. The third kappa shape index (κ3) is 3.08. The smallest absolute Gasteiger partial charge is 0.339 e. The average molecular weight is 294 g/mol. The number of hydrogen-bond acceptors (Lipinski definition) is 4. The number of nitrogens with zero attached hydrogens (tertiary/aromatic N) is 1. The van der Waals surface area contributed by atoms with E-state index in [2.05, 4.69) is 4.98 Å². The van der Waals surface area contributed by atoms with Gasteiger partial charge in [0.1, 0.15) is 5.15 Å². The summed E-state index contributed by atoms with van der Waals surface area (Å²) < 4.78 is 4.77. The van der Waals surface area contributed by atoms with Crippen LogP contribution in [0, 0.1) is 6.92 Å². The number of benzene rings is 1. The second kappa shape index (κ2) is 6.08. The summed E-state index contributed by atoms with van der Waals surface area (Å²) in [6.45, 7) is 1.96. The number of ether oxygens (including phenoxy) is 1. The Kier molecular flexibility index (Phi) is 4.45. The summed E-state index contributed by atoms with van der Waals surface area (Å²) in [6.07, 6.45) is 1.66. The standard InChI is InChI=1S/C14H12ClNO2S/c1-9-7-8-16-13(15)12(9)19-11-6-4-3-5-10(11)14(17)18-2/h3-8H,1-2H3. The largest absolute Gasteiger partial charge is 0.465 e. The normalized spacial score (nSPS) is 10.3. The van der Waals surface area contributed by atoms with Crippen molar-refractivity contribution in [2.24, 2.45) is 0 Å². The molecule has 0 saturated heterocycles. The first-order chi connectivity index (χ1) is 9.13. The first-order valence-corrected chi connectivity index (χ1v) is 6.79. The van der Waals surface area contributed by atoms with Crippen LogP contribution in [0.25, 0.3) is 0 Å². The van der Waals surface area contributed by atoms with E-state index in [1.54, 1.807) is 18.3 Å². The molecule has 0 unspecified atom stereocenters. The third-order valence-electron chi connectivity index (χ3n) is 2.56. The summed E-state index contributed by atoms with van der Waals surface area (Å²) in [7, 11) is 1.37. The molecule has 1 aromatic carbocycles. The molecule has 0 aliphatic rings. The van der Waals surface area contributed by atoms with E-state index in [9.17, 15) is 4.79 Å². The summed E-state index contributed by atoms with van der Waals surface area (Å²) in [4.78, 5) is 17.4. The van der Waals surface area contributed by atoms with Crippen molar-refractivity contribution in [2.45, 2.75) is 16.7 Å². The Morgan fingerprint density at radius 2 is 2.05 bits per heavy atom. The molecule has 19 heavy (non-hydrogen) atoms. The number of halogens is 1. The van der Waals surface area contributed by atoms with Crippen LogP contribution < -0.4 is 0 Å². The van der Waals surface area contributed by atoms with Crippen LogP contribution in [0.1, 0.15) is 15.9 Å². The monoisotopic (exact) mass is 293 g/mol. The highest BCUT2D eigenvalue weighted by molar-refractivity contribution is 7.99. The maximum Gasteiger partial charge on any atom is 0.339 e. The molecular formula is C14H12ClNO2S.